The molecule has 0 radical (unpaired) electrons. The van der Waals surface area contributed by atoms with Gasteiger partial charge in [-0.05, 0) is 38.5 Å². The molecule has 0 aromatic rings. The Bertz CT molecular complexity index is 922. The van der Waals surface area contributed by atoms with Gasteiger partial charge < -0.3 is 27.9 Å². The zero-order valence-electron chi connectivity index (χ0n) is 35.2. The highest BCUT2D eigenvalue weighted by molar-refractivity contribution is 7.45. The Labute approximate surface area is 326 Å². The van der Waals surface area contributed by atoms with Crippen LogP contribution in [-0.2, 0) is 32.7 Å². The Morgan fingerprint density at radius 1 is 0.566 bits per heavy atom. The van der Waals surface area contributed by atoms with Gasteiger partial charge in [0.15, 0.2) is 6.10 Å². The lowest BCUT2D eigenvalue weighted by molar-refractivity contribution is -0.870. The predicted octanol–water partition coefficient (Wildman–Crippen LogP) is 11.6. The summed E-state index contributed by atoms with van der Waals surface area (Å²) < 4.78 is 33.9. The predicted molar refractivity (Wildman–Crippen MR) is 218 cm³/mol. The van der Waals surface area contributed by atoms with E-state index < -0.39 is 26.5 Å². The van der Waals surface area contributed by atoms with Crippen molar-refractivity contribution in [3.63, 3.8) is 0 Å². The fraction of sp³-hybridized carbons (Fsp3) is 0.907. The van der Waals surface area contributed by atoms with Gasteiger partial charge in [0.2, 0.25) is 0 Å². The standard InChI is InChI=1S/C43H84NO8P/c1-6-8-10-12-14-16-18-19-20-21-22-23-24-26-28-30-32-34-36-43(46)52-41(40-51-53(47,48)50-38-37-44(3,4)5)39-49-42(45)35-33-31-29-27-25-17-15-13-11-9-7-2/h20-21,41H,6-19,22-40H2,1-5H3/b21-20-. The van der Waals surface area contributed by atoms with Crippen molar-refractivity contribution in [3.8, 4) is 0 Å². The van der Waals surface area contributed by atoms with E-state index in [9.17, 15) is 19.0 Å². The Balaban J connectivity index is 4.32. The molecule has 2 atom stereocenters. The van der Waals surface area contributed by atoms with Gasteiger partial charge in [-0.25, -0.2) is 0 Å². The van der Waals surface area contributed by atoms with Crippen molar-refractivity contribution in [2.45, 2.75) is 206 Å². The molecule has 10 heteroatoms. The maximum atomic E-state index is 12.7. The molecule has 0 aliphatic carbocycles. The largest absolute Gasteiger partial charge is 0.756 e. The number of rotatable bonds is 40. The SMILES string of the molecule is CCCCCCCCC/C=C\CCCCCCCCCC(=O)OC(COC(=O)CCCCCCCCCCCCC)COP(=O)([O-])OCC[N+](C)(C)C. The monoisotopic (exact) mass is 774 g/mol. The highest BCUT2D eigenvalue weighted by Crippen LogP contribution is 2.38. The van der Waals surface area contributed by atoms with Crippen molar-refractivity contribution in [1.29, 1.82) is 0 Å². The van der Waals surface area contributed by atoms with Gasteiger partial charge in [-0.3, -0.25) is 14.2 Å². The van der Waals surface area contributed by atoms with Crippen LogP contribution in [0.4, 0.5) is 0 Å². The number of unbranched alkanes of at least 4 members (excludes halogenated alkanes) is 24. The number of phosphoric acid groups is 1. The number of allylic oxidation sites excluding steroid dienone is 2. The first kappa shape index (κ1) is 51.8. The van der Waals surface area contributed by atoms with E-state index in [0.717, 1.165) is 44.9 Å². The third-order valence-electron chi connectivity index (χ3n) is 9.54. The van der Waals surface area contributed by atoms with Crippen molar-refractivity contribution in [3.05, 3.63) is 12.2 Å². The van der Waals surface area contributed by atoms with Crippen molar-refractivity contribution in [1.82, 2.24) is 0 Å². The highest BCUT2D eigenvalue weighted by atomic mass is 31.2. The number of ether oxygens (including phenoxy) is 2. The number of nitrogens with zero attached hydrogens (tertiary/aromatic N) is 1. The van der Waals surface area contributed by atoms with Crippen LogP contribution >= 0.6 is 7.82 Å². The first-order chi connectivity index (χ1) is 25.5. The first-order valence-electron chi connectivity index (χ1n) is 21.9. The topological polar surface area (TPSA) is 111 Å². The molecule has 314 valence electrons. The minimum atomic E-state index is -4.62. The maximum Gasteiger partial charge on any atom is 0.306 e. The average molecular weight is 774 g/mol. The number of phosphoric ester groups is 1. The first-order valence-corrected chi connectivity index (χ1v) is 23.4. The number of likely N-dealkylation sites (N-methyl/N-ethyl adjacent to an activating group) is 1. The number of hydrogen-bond acceptors (Lipinski definition) is 8. The van der Waals surface area contributed by atoms with Gasteiger partial charge in [-0.15, -0.1) is 0 Å². The van der Waals surface area contributed by atoms with E-state index in [1.165, 1.54) is 122 Å². The molecule has 0 N–H and O–H groups in total. The summed E-state index contributed by atoms with van der Waals surface area (Å²) in [5.74, 6) is -0.832. The molecule has 2 unspecified atom stereocenters. The molecular weight excluding hydrogens is 689 g/mol. The Hall–Kier alpha value is -1.25. The van der Waals surface area contributed by atoms with E-state index in [4.69, 9.17) is 18.5 Å². The minimum absolute atomic E-state index is 0.0287. The summed E-state index contributed by atoms with van der Waals surface area (Å²) in [6, 6.07) is 0. The second-order valence-electron chi connectivity index (χ2n) is 16.1. The van der Waals surface area contributed by atoms with Crippen LogP contribution in [0, 0.1) is 0 Å². The van der Waals surface area contributed by atoms with Crippen LogP contribution in [0.2, 0.25) is 0 Å². The number of carbonyl (C=O) groups is 2. The van der Waals surface area contributed by atoms with Crippen LogP contribution in [0.25, 0.3) is 0 Å². The van der Waals surface area contributed by atoms with Gasteiger partial charge in [0.25, 0.3) is 7.82 Å². The van der Waals surface area contributed by atoms with Gasteiger partial charge in [0, 0.05) is 12.8 Å². The van der Waals surface area contributed by atoms with Gasteiger partial charge in [-0.2, -0.15) is 0 Å². The molecule has 0 aliphatic heterocycles. The zero-order chi connectivity index (χ0) is 39.3. The second-order valence-corrected chi connectivity index (χ2v) is 17.5. The van der Waals surface area contributed by atoms with Crippen molar-refractivity contribution in [2.24, 2.45) is 0 Å². The molecule has 0 fully saturated rings. The van der Waals surface area contributed by atoms with Crippen LogP contribution in [0.15, 0.2) is 12.2 Å². The molecule has 0 saturated carbocycles. The van der Waals surface area contributed by atoms with E-state index >= 15 is 0 Å². The van der Waals surface area contributed by atoms with Crippen molar-refractivity contribution >= 4 is 19.8 Å². The van der Waals surface area contributed by atoms with E-state index in [1.54, 1.807) is 0 Å². The summed E-state index contributed by atoms with van der Waals surface area (Å²) >= 11 is 0. The molecule has 0 bridgehead atoms. The number of quaternary nitrogens is 1. The lowest BCUT2D eigenvalue weighted by atomic mass is 10.1. The Morgan fingerprint density at radius 3 is 1.40 bits per heavy atom. The molecule has 0 aromatic heterocycles. The van der Waals surface area contributed by atoms with Crippen molar-refractivity contribution in [2.75, 3.05) is 47.5 Å². The summed E-state index contributed by atoms with van der Waals surface area (Å²) in [6.07, 6.45) is 36.6. The summed E-state index contributed by atoms with van der Waals surface area (Å²) in [5.41, 5.74) is 0. The minimum Gasteiger partial charge on any atom is -0.756 e. The Kier molecular flexibility index (Phi) is 35.5. The average Bonchev–Trinajstić information content (AvgIpc) is 3.10. The smallest absolute Gasteiger partial charge is 0.306 e. The summed E-state index contributed by atoms with van der Waals surface area (Å²) in [4.78, 5) is 37.4. The molecule has 0 rings (SSSR count). The molecular formula is C43H84NO8P. The summed E-state index contributed by atoms with van der Waals surface area (Å²) in [7, 11) is 1.17. The second kappa shape index (κ2) is 36.4. The van der Waals surface area contributed by atoms with Crippen LogP contribution in [0.1, 0.15) is 200 Å². The zero-order valence-corrected chi connectivity index (χ0v) is 36.1. The molecule has 9 nitrogen and oxygen atoms in total. The fourth-order valence-electron chi connectivity index (χ4n) is 6.06. The molecule has 0 aliphatic rings. The van der Waals surface area contributed by atoms with Gasteiger partial charge >= 0.3 is 11.9 Å². The quantitative estimate of drug-likeness (QED) is 0.0199. The van der Waals surface area contributed by atoms with Crippen molar-refractivity contribution < 1.29 is 42.1 Å². The fourth-order valence-corrected chi connectivity index (χ4v) is 6.79. The van der Waals surface area contributed by atoms with E-state index in [0.29, 0.717) is 17.4 Å². The molecule has 0 heterocycles. The van der Waals surface area contributed by atoms with Crippen LogP contribution in [0.3, 0.4) is 0 Å². The molecule has 0 amide bonds. The number of carbonyl (C=O) groups excluding carboxylic acids is 2. The van der Waals surface area contributed by atoms with Gasteiger partial charge in [-0.1, -0.05) is 161 Å². The lowest BCUT2D eigenvalue weighted by Gasteiger charge is -2.28. The van der Waals surface area contributed by atoms with E-state index in [-0.39, 0.29) is 32.0 Å². The van der Waals surface area contributed by atoms with E-state index in [1.807, 2.05) is 21.1 Å². The van der Waals surface area contributed by atoms with Crippen LogP contribution in [0.5, 0.6) is 0 Å². The number of esters is 2. The third kappa shape index (κ3) is 40.2. The lowest BCUT2D eigenvalue weighted by Crippen LogP contribution is -2.37. The molecule has 53 heavy (non-hydrogen) atoms. The Morgan fingerprint density at radius 2 is 0.962 bits per heavy atom. The normalized spacial score (nSPS) is 13.7. The maximum absolute atomic E-state index is 12.7. The summed E-state index contributed by atoms with van der Waals surface area (Å²) in [5, 5.41) is 0. The molecule has 0 spiro atoms. The van der Waals surface area contributed by atoms with Gasteiger partial charge in [0.1, 0.15) is 19.8 Å². The highest BCUT2D eigenvalue weighted by Gasteiger charge is 2.21. The third-order valence-corrected chi connectivity index (χ3v) is 10.5. The number of hydrogen-bond donors (Lipinski definition) is 0. The molecule has 0 saturated heterocycles. The van der Waals surface area contributed by atoms with Crippen LogP contribution in [-0.4, -0.2) is 70.0 Å². The summed E-state index contributed by atoms with van der Waals surface area (Å²) in [6.45, 7) is 4.23. The van der Waals surface area contributed by atoms with Crippen LogP contribution < -0.4 is 4.89 Å². The van der Waals surface area contributed by atoms with E-state index in [2.05, 4.69) is 26.0 Å². The molecule has 0 aromatic carbocycles. The van der Waals surface area contributed by atoms with Gasteiger partial charge in [0.05, 0.1) is 27.7 Å².